The summed E-state index contributed by atoms with van der Waals surface area (Å²) >= 11 is 1.32. The van der Waals surface area contributed by atoms with Crippen LogP contribution in [0, 0.1) is 11.8 Å². The Hall–Kier alpha value is -1.56. The fraction of sp³-hybridized carbons (Fsp3) is 0.500. The fourth-order valence-corrected chi connectivity index (χ4v) is 2.57. The molecular formula is C12H16N2O3S. The second kappa shape index (κ2) is 5.39. The molecule has 0 saturated heterocycles. The quantitative estimate of drug-likeness (QED) is 0.762. The molecule has 1 fully saturated rings. The Bertz CT molecular complexity index is 433. The molecule has 2 rings (SSSR count). The molecule has 3 unspecified atom stereocenters. The molecule has 1 aromatic rings. The summed E-state index contributed by atoms with van der Waals surface area (Å²) in [5.74, 6) is 0.158. The monoisotopic (exact) mass is 268 g/mol. The van der Waals surface area contributed by atoms with Crippen LogP contribution in [0.2, 0.25) is 0 Å². The third-order valence-electron chi connectivity index (χ3n) is 3.15. The topological polar surface area (TPSA) is 78.4 Å². The molecule has 98 valence electrons. The maximum Gasteiger partial charge on any atom is 0.331 e. The molecular weight excluding hydrogens is 252 g/mol. The van der Waals surface area contributed by atoms with E-state index in [9.17, 15) is 9.59 Å². The highest BCUT2D eigenvalue weighted by Gasteiger charge is 2.32. The zero-order valence-electron chi connectivity index (χ0n) is 10.1. The van der Waals surface area contributed by atoms with Crippen LogP contribution in [0.25, 0.3) is 0 Å². The number of carbonyl (C=O) groups excluding carboxylic acids is 1. The highest BCUT2D eigenvalue weighted by Crippen LogP contribution is 2.36. The van der Waals surface area contributed by atoms with Crippen LogP contribution in [-0.4, -0.2) is 23.7 Å². The molecule has 1 heterocycles. The Morgan fingerprint density at radius 2 is 2.33 bits per heavy atom. The largest absolute Gasteiger partial charge is 0.479 e. The lowest BCUT2D eigenvalue weighted by atomic mass is 10.2. The number of hydrogen-bond donors (Lipinski definition) is 3. The Morgan fingerprint density at radius 1 is 1.61 bits per heavy atom. The summed E-state index contributed by atoms with van der Waals surface area (Å²) in [6, 6.07) is 2.07. The van der Waals surface area contributed by atoms with Gasteiger partial charge in [0.2, 0.25) is 0 Å². The average molecular weight is 268 g/mol. The number of thiophene rings is 1. The van der Waals surface area contributed by atoms with Gasteiger partial charge in [-0.15, -0.1) is 11.3 Å². The molecule has 0 radical (unpaired) electrons. The Balaban J connectivity index is 1.85. The Morgan fingerprint density at radius 3 is 2.83 bits per heavy atom. The molecule has 3 atom stereocenters. The molecule has 1 aromatic heterocycles. The van der Waals surface area contributed by atoms with Gasteiger partial charge in [-0.25, -0.2) is 9.59 Å². The van der Waals surface area contributed by atoms with Gasteiger partial charge in [-0.3, -0.25) is 0 Å². The van der Waals surface area contributed by atoms with Gasteiger partial charge in [-0.1, -0.05) is 13.0 Å². The van der Waals surface area contributed by atoms with Gasteiger partial charge in [0.25, 0.3) is 0 Å². The minimum Gasteiger partial charge on any atom is -0.479 e. The molecule has 2 amide bonds. The predicted molar refractivity (Wildman–Crippen MR) is 68.5 cm³/mol. The zero-order chi connectivity index (χ0) is 13.1. The van der Waals surface area contributed by atoms with Crippen molar-refractivity contribution < 1.29 is 14.7 Å². The van der Waals surface area contributed by atoms with Gasteiger partial charge in [-0.05, 0) is 29.7 Å². The summed E-state index contributed by atoms with van der Waals surface area (Å²) < 4.78 is 0. The smallest absolute Gasteiger partial charge is 0.331 e. The standard InChI is InChI=1S/C12H16N2O3S/c1-7-5-8(7)6-13-12(17)14-10(11(15)16)9-3-2-4-18-9/h2-4,7-8,10H,5-6H2,1H3,(H,15,16)(H2,13,14,17). The van der Waals surface area contributed by atoms with E-state index in [1.807, 2.05) is 0 Å². The molecule has 18 heavy (non-hydrogen) atoms. The first-order valence-corrected chi connectivity index (χ1v) is 6.76. The Kier molecular flexibility index (Phi) is 3.86. The second-order valence-electron chi connectivity index (χ2n) is 4.61. The van der Waals surface area contributed by atoms with Crippen molar-refractivity contribution in [3.05, 3.63) is 22.4 Å². The summed E-state index contributed by atoms with van der Waals surface area (Å²) in [5, 5.41) is 16.1. The highest BCUT2D eigenvalue weighted by atomic mass is 32.1. The number of nitrogens with one attached hydrogen (secondary N) is 2. The molecule has 1 aliphatic rings. The first-order valence-electron chi connectivity index (χ1n) is 5.88. The fourth-order valence-electron chi connectivity index (χ4n) is 1.80. The van der Waals surface area contributed by atoms with E-state index in [0.29, 0.717) is 23.3 Å². The minimum absolute atomic E-state index is 0.421. The number of amides is 2. The van der Waals surface area contributed by atoms with E-state index in [-0.39, 0.29) is 0 Å². The SMILES string of the molecule is CC1CC1CNC(=O)NC(C(=O)O)c1cccs1. The van der Waals surface area contributed by atoms with E-state index < -0.39 is 18.0 Å². The van der Waals surface area contributed by atoms with Crippen molar-refractivity contribution in [1.82, 2.24) is 10.6 Å². The van der Waals surface area contributed by atoms with Crippen LogP contribution in [0.15, 0.2) is 17.5 Å². The van der Waals surface area contributed by atoms with E-state index in [4.69, 9.17) is 5.11 Å². The molecule has 0 aliphatic heterocycles. The number of carboxylic acids is 1. The summed E-state index contributed by atoms with van der Waals surface area (Å²) in [4.78, 5) is 23.3. The van der Waals surface area contributed by atoms with Crippen molar-refractivity contribution in [3.8, 4) is 0 Å². The summed E-state index contributed by atoms with van der Waals surface area (Å²) in [6.45, 7) is 2.75. The minimum atomic E-state index is -1.05. The van der Waals surface area contributed by atoms with Crippen LogP contribution in [0.1, 0.15) is 24.3 Å². The van der Waals surface area contributed by atoms with Gasteiger partial charge in [0.05, 0.1) is 0 Å². The molecule has 1 saturated carbocycles. The third-order valence-corrected chi connectivity index (χ3v) is 4.09. The molecule has 0 aromatic carbocycles. The van der Waals surface area contributed by atoms with Crippen molar-refractivity contribution in [1.29, 1.82) is 0 Å². The first kappa shape index (κ1) is 12.9. The third kappa shape index (κ3) is 3.22. The van der Waals surface area contributed by atoms with Crippen molar-refractivity contribution in [2.24, 2.45) is 11.8 Å². The van der Waals surface area contributed by atoms with Crippen LogP contribution < -0.4 is 10.6 Å². The molecule has 1 aliphatic carbocycles. The van der Waals surface area contributed by atoms with Gasteiger partial charge in [0.15, 0.2) is 6.04 Å². The number of hydrogen-bond acceptors (Lipinski definition) is 3. The molecule has 5 nitrogen and oxygen atoms in total. The summed E-state index contributed by atoms with van der Waals surface area (Å²) in [7, 11) is 0. The lowest BCUT2D eigenvalue weighted by Gasteiger charge is -2.13. The van der Waals surface area contributed by atoms with E-state index in [1.165, 1.54) is 11.3 Å². The van der Waals surface area contributed by atoms with Crippen LogP contribution in [-0.2, 0) is 4.79 Å². The molecule has 6 heteroatoms. The second-order valence-corrected chi connectivity index (χ2v) is 5.59. The van der Waals surface area contributed by atoms with Crippen molar-refractivity contribution >= 4 is 23.3 Å². The zero-order valence-corrected chi connectivity index (χ0v) is 10.9. The molecule has 3 N–H and O–H groups in total. The highest BCUT2D eigenvalue weighted by molar-refractivity contribution is 7.10. The van der Waals surface area contributed by atoms with Crippen LogP contribution in [0.3, 0.4) is 0 Å². The van der Waals surface area contributed by atoms with Gasteiger partial charge in [0, 0.05) is 11.4 Å². The molecule has 0 spiro atoms. The number of urea groups is 1. The number of rotatable bonds is 5. The van der Waals surface area contributed by atoms with Crippen molar-refractivity contribution in [2.75, 3.05) is 6.54 Å². The first-order chi connectivity index (χ1) is 8.58. The molecule has 0 bridgehead atoms. The van der Waals surface area contributed by atoms with Crippen LogP contribution >= 0.6 is 11.3 Å². The lowest BCUT2D eigenvalue weighted by molar-refractivity contribution is -0.139. The van der Waals surface area contributed by atoms with E-state index in [0.717, 1.165) is 6.42 Å². The normalized spacial score (nSPS) is 23.2. The average Bonchev–Trinajstić information content (AvgIpc) is 2.81. The van der Waals surface area contributed by atoms with Crippen LogP contribution in [0.5, 0.6) is 0 Å². The van der Waals surface area contributed by atoms with Crippen LogP contribution in [0.4, 0.5) is 4.79 Å². The Labute approximate surface area is 109 Å². The van der Waals surface area contributed by atoms with Gasteiger partial charge >= 0.3 is 12.0 Å². The summed E-state index contributed by atoms with van der Waals surface area (Å²) in [6.07, 6.45) is 1.13. The van der Waals surface area contributed by atoms with Crippen molar-refractivity contribution in [2.45, 2.75) is 19.4 Å². The van der Waals surface area contributed by atoms with Gasteiger partial charge < -0.3 is 15.7 Å². The maximum atomic E-state index is 11.6. The predicted octanol–water partition coefficient (Wildman–Crippen LogP) is 1.83. The van der Waals surface area contributed by atoms with Crippen molar-refractivity contribution in [3.63, 3.8) is 0 Å². The summed E-state index contributed by atoms with van der Waals surface area (Å²) in [5.41, 5.74) is 0. The maximum absolute atomic E-state index is 11.6. The number of aliphatic carboxylic acids is 1. The number of carbonyl (C=O) groups is 2. The lowest BCUT2D eigenvalue weighted by Crippen LogP contribution is -2.41. The van der Waals surface area contributed by atoms with E-state index in [1.54, 1.807) is 17.5 Å². The number of carboxylic acid groups (broad SMARTS) is 1. The van der Waals surface area contributed by atoms with Gasteiger partial charge in [0.1, 0.15) is 0 Å². The van der Waals surface area contributed by atoms with E-state index in [2.05, 4.69) is 17.6 Å². The van der Waals surface area contributed by atoms with E-state index >= 15 is 0 Å². The van der Waals surface area contributed by atoms with Gasteiger partial charge in [-0.2, -0.15) is 0 Å².